The van der Waals surface area contributed by atoms with Gasteiger partial charge in [-0.15, -0.1) is 0 Å². The second kappa shape index (κ2) is 10.1. The highest BCUT2D eigenvalue weighted by atomic mass is 16.5. The Kier molecular flexibility index (Phi) is 6.64. The topological polar surface area (TPSA) is 159 Å². The second-order valence-electron chi connectivity index (χ2n) is 9.57. The highest BCUT2D eigenvalue weighted by molar-refractivity contribution is 6.07. The molecule has 1 saturated heterocycles. The lowest BCUT2D eigenvalue weighted by Crippen LogP contribution is -2.46. The summed E-state index contributed by atoms with van der Waals surface area (Å²) in [4.78, 5) is 61.6. The first-order valence-corrected chi connectivity index (χ1v) is 12.3. The number of nitrogens with one attached hydrogen (secondary N) is 4. The molecule has 204 valence electrons. The fraction of sp³-hybridized carbons (Fsp3) is 0.250. The number of hydrogen-bond donors (Lipinski definition) is 4. The molecule has 0 radical (unpaired) electrons. The van der Waals surface area contributed by atoms with Crippen LogP contribution >= 0.6 is 0 Å². The average Bonchev–Trinajstić information content (AvgIpc) is 3.52. The van der Waals surface area contributed by atoms with Crippen molar-refractivity contribution >= 4 is 41.3 Å². The van der Waals surface area contributed by atoms with Crippen LogP contribution in [0, 0.1) is 18.8 Å². The molecule has 0 aliphatic carbocycles. The fourth-order valence-electron chi connectivity index (χ4n) is 4.87. The Bertz CT molecular complexity index is 1650. The number of urea groups is 2. The zero-order chi connectivity index (χ0) is 28.6. The van der Waals surface area contributed by atoms with Gasteiger partial charge in [-0.3, -0.25) is 25.0 Å². The van der Waals surface area contributed by atoms with Gasteiger partial charge in [-0.1, -0.05) is 17.9 Å². The maximum absolute atomic E-state index is 13.0. The lowest BCUT2D eigenvalue weighted by molar-refractivity contribution is -0.124. The number of aryl methyl sites for hydroxylation is 1. The monoisotopic (exact) mass is 543 g/mol. The smallest absolute Gasteiger partial charge is 0.322 e. The number of methoxy groups -OCH3 is 1. The number of hydrogen-bond acceptors (Lipinski definition) is 7. The number of carbonyl (C=O) groups excluding carboxylic acids is 5. The average molecular weight is 544 g/mol. The van der Waals surface area contributed by atoms with Crippen LogP contribution in [0.2, 0.25) is 0 Å². The number of nitrogens with zero attached hydrogens (tertiary/aromatic N) is 1. The zero-order valence-electron chi connectivity index (χ0n) is 21.8. The van der Waals surface area contributed by atoms with Crippen LogP contribution in [0.5, 0.6) is 5.75 Å². The van der Waals surface area contributed by atoms with Crippen molar-refractivity contribution < 1.29 is 33.1 Å². The van der Waals surface area contributed by atoms with E-state index >= 15 is 0 Å². The second-order valence-corrected chi connectivity index (χ2v) is 9.57. The minimum Gasteiger partial charge on any atom is -0.497 e. The van der Waals surface area contributed by atoms with Crippen LogP contribution in [0.15, 0.2) is 40.8 Å². The van der Waals surface area contributed by atoms with E-state index in [1.54, 1.807) is 49.1 Å². The molecule has 40 heavy (non-hydrogen) atoms. The normalized spacial score (nSPS) is 18.4. The zero-order valence-corrected chi connectivity index (χ0v) is 21.8. The van der Waals surface area contributed by atoms with E-state index in [1.165, 1.54) is 7.11 Å². The highest BCUT2D eigenvalue weighted by Crippen LogP contribution is 2.35. The molecule has 5 rings (SSSR count). The van der Waals surface area contributed by atoms with Gasteiger partial charge in [0.2, 0.25) is 6.41 Å². The van der Waals surface area contributed by atoms with Gasteiger partial charge in [-0.25, -0.2) is 9.59 Å². The quantitative estimate of drug-likeness (QED) is 0.209. The van der Waals surface area contributed by atoms with E-state index in [0.717, 1.165) is 5.56 Å². The van der Waals surface area contributed by atoms with Gasteiger partial charge in [0.1, 0.15) is 23.1 Å². The van der Waals surface area contributed by atoms with E-state index < -0.39 is 29.6 Å². The Labute approximate surface area is 228 Å². The van der Waals surface area contributed by atoms with Crippen LogP contribution < -0.4 is 26.0 Å². The number of ether oxygens (including phenoxy) is 1. The summed E-state index contributed by atoms with van der Waals surface area (Å²) in [7, 11) is 1.52. The number of carbonyl (C=O) groups is 5. The molecule has 12 nitrogen and oxygen atoms in total. The van der Waals surface area contributed by atoms with Gasteiger partial charge in [0.05, 0.1) is 13.7 Å². The Balaban J connectivity index is 1.41. The molecule has 2 aromatic carbocycles. The molecular weight excluding hydrogens is 518 g/mol. The summed E-state index contributed by atoms with van der Waals surface area (Å²) < 4.78 is 11.2. The van der Waals surface area contributed by atoms with E-state index in [2.05, 4.69) is 27.8 Å². The lowest BCUT2D eigenvalue weighted by Gasteiger charge is -2.21. The van der Waals surface area contributed by atoms with Crippen LogP contribution in [0.1, 0.15) is 39.7 Å². The van der Waals surface area contributed by atoms with Gasteiger partial charge in [-0.05, 0) is 49.7 Å². The van der Waals surface area contributed by atoms with Gasteiger partial charge < -0.3 is 24.7 Å². The molecule has 0 bridgehead atoms. The maximum atomic E-state index is 13.0. The molecule has 1 fully saturated rings. The van der Waals surface area contributed by atoms with Gasteiger partial charge in [0.15, 0.2) is 5.54 Å². The third-order valence-electron chi connectivity index (χ3n) is 6.92. The van der Waals surface area contributed by atoms with Crippen molar-refractivity contribution in [1.29, 1.82) is 0 Å². The Morgan fingerprint density at radius 3 is 2.75 bits per heavy atom. The molecule has 0 spiro atoms. The van der Waals surface area contributed by atoms with Crippen molar-refractivity contribution in [2.24, 2.45) is 0 Å². The molecule has 3 aromatic rings. The predicted molar refractivity (Wildman–Crippen MR) is 141 cm³/mol. The van der Waals surface area contributed by atoms with Crippen molar-refractivity contribution in [3.63, 3.8) is 0 Å². The summed E-state index contributed by atoms with van der Waals surface area (Å²) in [6, 6.07) is 8.27. The summed E-state index contributed by atoms with van der Waals surface area (Å²) in [5.41, 5.74) is 1.74. The number of furan rings is 1. The first-order chi connectivity index (χ1) is 19.1. The maximum Gasteiger partial charge on any atom is 0.322 e. The predicted octanol–water partition coefficient (Wildman–Crippen LogP) is 1.64. The number of rotatable bonds is 6. The van der Waals surface area contributed by atoms with Crippen LogP contribution in [0.3, 0.4) is 0 Å². The van der Waals surface area contributed by atoms with Crippen molar-refractivity contribution in [3.8, 4) is 17.6 Å². The van der Waals surface area contributed by atoms with E-state index in [-0.39, 0.29) is 18.9 Å². The standard InChI is InChI=1S/C28H25N5O7/c1-15-20-10-16(5-9-22(20)40-23(15)28(2)25(36)31-27(38)32-28)4-7-18(30-26(37)29-14-34)13-33-12-17-6-8-19(39-3)11-21(17)24(33)35/h5-6,8-11,14,18H,12-13H2,1-3H3,(H2,29,30,34,37)(H2,31,32,36,38)/t18-,28?/m1/s1. The summed E-state index contributed by atoms with van der Waals surface area (Å²) in [6.45, 7) is 3.74. The van der Waals surface area contributed by atoms with Crippen LogP contribution in [0.4, 0.5) is 9.59 Å². The van der Waals surface area contributed by atoms with Crippen LogP contribution in [0.25, 0.3) is 11.0 Å². The minimum atomic E-state index is -1.35. The molecule has 7 amide bonds. The largest absolute Gasteiger partial charge is 0.497 e. The molecule has 0 saturated carbocycles. The molecular formula is C28H25N5O7. The summed E-state index contributed by atoms with van der Waals surface area (Å²) in [6.07, 6.45) is 0.254. The van der Waals surface area contributed by atoms with E-state index in [4.69, 9.17) is 9.15 Å². The van der Waals surface area contributed by atoms with Crippen molar-refractivity contribution in [2.45, 2.75) is 32.0 Å². The number of benzene rings is 2. The van der Waals surface area contributed by atoms with Crippen molar-refractivity contribution in [1.82, 2.24) is 26.2 Å². The van der Waals surface area contributed by atoms with Gasteiger partial charge in [-0.2, -0.15) is 0 Å². The summed E-state index contributed by atoms with van der Waals surface area (Å²) in [5.74, 6) is 6.13. The third-order valence-corrected chi connectivity index (χ3v) is 6.92. The fourth-order valence-corrected chi connectivity index (χ4v) is 4.87. The molecule has 4 N–H and O–H groups in total. The molecule has 3 heterocycles. The van der Waals surface area contributed by atoms with E-state index in [0.29, 0.717) is 45.7 Å². The van der Waals surface area contributed by atoms with Gasteiger partial charge in [0.25, 0.3) is 11.8 Å². The summed E-state index contributed by atoms with van der Waals surface area (Å²) in [5, 5.41) is 10.2. The van der Waals surface area contributed by atoms with Gasteiger partial charge in [0, 0.05) is 28.6 Å². The van der Waals surface area contributed by atoms with Crippen molar-refractivity contribution in [2.75, 3.05) is 13.7 Å². The number of imide groups is 2. The van der Waals surface area contributed by atoms with Crippen LogP contribution in [-0.2, 0) is 21.7 Å². The SMILES string of the molecule is COc1ccc2c(c1)C(=O)N(C[C@@H](C#Cc1ccc3oc(C4(C)NC(=O)NC4=O)c(C)c3c1)NC(=O)NC=O)C2. The third kappa shape index (κ3) is 4.69. The Hall–Kier alpha value is -5.31. The summed E-state index contributed by atoms with van der Waals surface area (Å²) >= 11 is 0. The highest BCUT2D eigenvalue weighted by Gasteiger charge is 2.47. The lowest BCUT2D eigenvalue weighted by atomic mass is 9.95. The van der Waals surface area contributed by atoms with E-state index in [1.807, 2.05) is 11.4 Å². The molecule has 2 aliphatic heterocycles. The van der Waals surface area contributed by atoms with Gasteiger partial charge >= 0.3 is 12.1 Å². The molecule has 2 atom stereocenters. The Morgan fingerprint density at radius 2 is 2.05 bits per heavy atom. The van der Waals surface area contributed by atoms with E-state index in [9.17, 15) is 24.0 Å². The molecule has 1 aromatic heterocycles. The molecule has 1 unspecified atom stereocenters. The van der Waals surface area contributed by atoms with Crippen LogP contribution in [-0.4, -0.2) is 54.9 Å². The molecule has 12 heteroatoms. The Morgan fingerprint density at radius 1 is 1.25 bits per heavy atom. The molecule has 2 aliphatic rings. The number of amides is 7. The van der Waals surface area contributed by atoms with Crippen molar-refractivity contribution in [3.05, 3.63) is 64.4 Å². The first-order valence-electron chi connectivity index (χ1n) is 12.3. The first kappa shape index (κ1) is 26.3. The number of fused-ring (bicyclic) bond motifs is 2. The minimum absolute atomic E-state index is 0.0688.